The van der Waals surface area contributed by atoms with Crippen LogP contribution >= 0.6 is 11.6 Å². The molecule has 2 fully saturated rings. The van der Waals surface area contributed by atoms with E-state index in [4.69, 9.17) is 21.1 Å². The van der Waals surface area contributed by atoms with E-state index in [2.05, 4.69) is 10.6 Å². The number of rotatable bonds is 9. The number of hydrogen-bond donors (Lipinski definition) is 2. The average Bonchev–Trinajstić information content (AvgIpc) is 3.15. The van der Waals surface area contributed by atoms with E-state index >= 15 is 0 Å². The van der Waals surface area contributed by atoms with Gasteiger partial charge in [-0.1, -0.05) is 41.9 Å². The molecule has 2 aliphatic rings. The first-order valence-electron chi connectivity index (χ1n) is 11.8. The lowest BCUT2D eigenvalue weighted by atomic mass is 9.73. The molecule has 2 aromatic rings. The van der Waals surface area contributed by atoms with Crippen LogP contribution in [-0.2, 0) is 26.3 Å². The maximum Gasteiger partial charge on any atom is 0.324 e. The highest BCUT2D eigenvalue weighted by Crippen LogP contribution is 2.37. The lowest BCUT2D eigenvalue weighted by Gasteiger charge is -2.39. The Morgan fingerprint density at radius 3 is 2.57 bits per heavy atom. The van der Waals surface area contributed by atoms with Gasteiger partial charge in [0.15, 0.2) is 0 Å². The number of benzene rings is 2. The third kappa shape index (κ3) is 5.77. The molecule has 0 bridgehead atoms. The fourth-order valence-corrected chi connectivity index (χ4v) is 4.87. The van der Waals surface area contributed by atoms with Gasteiger partial charge in [-0.3, -0.25) is 14.5 Å². The molecule has 4 amide bonds. The number of nitrogens with one attached hydrogen (secondary N) is 2. The maximum atomic E-state index is 13.1. The highest BCUT2D eigenvalue weighted by Gasteiger charge is 2.44. The summed E-state index contributed by atoms with van der Waals surface area (Å²) >= 11 is 6.13. The second kappa shape index (κ2) is 11.1. The van der Waals surface area contributed by atoms with Crippen molar-refractivity contribution < 1.29 is 23.9 Å². The predicted molar refractivity (Wildman–Crippen MR) is 131 cm³/mol. The van der Waals surface area contributed by atoms with Crippen molar-refractivity contribution in [1.29, 1.82) is 0 Å². The Kier molecular flexibility index (Phi) is 7.93. The van der Waals surface area contributed by atoms with E-state index in [0.717, 1.165) is 16.9 Å². The van der Waals surface area contributed by atoms with Gasteiger partial charge in [0.25, 0.3) is 5.91 Å². The van der Waals surface area contributed by atoms with Gasteiger partial charge in [-0.25, -0.2) is 4.79 Å². The number of nitrogens with zero attached hydrogens (tertiary/aromatic N) is 1. The van der Waals surface area contributed by atoms with Gasteiger partial charge in [0.2, 0.25) is 5.91 Å². The number of urea groups is 1. The van der Waals surface area contributed by atoms with Gasteiger partial charge in [-0.05, 0) is 48.6 Å². The van der Waals surface area contributed by atoms with Crippen LogP contribution in [0, 0.1) is 0 Å². The van der Waals surface area contributed by atoms with Crippen molar-refractivity contribution in [3.63, 3.8) is 0 Å². The smallest absolute Gasteiger partial charge is 0.324 e. The van der Waals surface area contributed by atoms with Crippen LogP contribution in [0.1, 0.15) is 36.8 Å². The zero-order valence-electron chi connectivity index (χ0n) is 19.7. The summed E-state index contributed by atoms with van der Waals surface area (Å²) in [5, 5.41) is 6.16. The van der Waals surface area contributed by atoms with Crippen molar-refractivity contribution in [3.8, 4) is 5.75 Å². The van der Waals surface area contributed by atoms with Crippen molar-refractivity contribution in [1.82, 2.24) is 15.5 Å². The molecule has 0 aliphatic carbocycles. The Labute approximate surface area is 209 Å². The topological polar surface area (TPSA) is 97.0 Å². The number of carbonyl (C=O) groups is 3. The lowest BCUT2D eigenvalue weighted by molar-refractivity contribution is -0.129. The molecule has 0 radical (unpaired) electrons. The Hall–Kier alpha value is -3.10. The second-order valence-corrected chi connectivity index (χ2v) is 9.36. The van der Waals surface area contributed by atoms with Crippen LogP contribution in [0.3, 0.4) is 0 Å². The van der Waals surface area contributed by atoms with Crippen molar-refractivity contribution in [2.45, 2.75) is 43.7 Å². The molecule has 2 heterocycles. The van der Waals surface area contributed by atoms with Crippen molar-refractivity contribution >= 4 is 29.4 Å². The predicted octanol–water partition coefficient (Wildman–Crippen LogP) is 3.41. The monoisotopic (exact) mass is 499 g/mol. The standard InChI is InChI=1S/C26H30ClN3O5/c1-34-20-8-6-19(7-9-20)26(12-14-35-15-13-26)17-30-24(32)22(29-25(30)33)10-11-23(31)28-16-18-4-2-3-5-21(18)27/h2-9,22H,10-17H2,1H3,(H,28,31)(H,29,33). The third-order valence-electron chi connectivity index (χ3n) is 6.81. The molecule has 0 spiro atoms. The van der Waals surface area contributed by atoms with Gasteiger partial charge in [0, 0.05) is 43.2 Å². The van der Waals surface area contributed by atoms with E-state index in [-0.39, 0.29) is 31.2 Å². The third-order valence-corrected chi connectivity index (χ3v) is 7.18. The van der Waals surface area contributed by atoms with Crippen LogP contribution in [0.2, 0.25) is 5.02 Å². The van der Waals surface area contributed by atoms with Crippen LogP contribution in [-0.4, -0.2) is 55.7 Å². The summed E-state index contributed by atoms with van der Waals surface area (Å²) in [6, 6.07) is 13.9. The first-order chi connectivity index (χ1) is 16.9. The number of halogens is 1. The number of hydrogen-bond acceptors (Lipinski definition) is 5. The first kappa shape index (κ1) is 25.0. The largest absolute Gasteiger partial charge is 0.497 e. The Morgan fingerprint density at radius 2 is 1.89 bits per heavy atom. The molecule has 186 valence electrons. The molecule has 8 nitrogen and oxygen atoms in total. The lowest BCUT2D eigenvalue weighted by Crippen LogP contribution is -2.47. The summed E-state index contributed by atoms with van der Waals surface area (Å²) in [4.78, 5) is 39.5. The molecule has 9 heteroatoms. The molecule has 4 rings (SSSR count). The summed E-state index contributed by atoms with van der Waals surface area (Å²) in [6.45, 7) is 1.69. The molecule has 2 aliphatic heterocycles. The Bertz CT molecular complexity index is 1070. The molecule has 0 saturated carbocycles. The second-order valence-electron chi connectivity index (χ2n) is 8.95. The molecule has 35 heavy (non-hydrogen) atoms. The summed E-state index contributed by atoms with van der Waals surface area (Å²) in [5.74, 6) is 0.247. The number of ether oxygens (including phenoxy) is 2. The number of imide groups is 1. The minimum atomic E-state index is -0.721. The molecule has 2 saturated heterocycles. The van der Waals surface area contributed by atoms with Crippen LogP contribution < -0.4 is 15.4 Å². The summed E-state index contributed by atoms with van der Waals surface area (Å²) in [6.07, 6.45) is 1.75. The van der Waals surface area contributed by atoms with Crippen LogP contribution in [0.15, 0.2) is 48.5 Å². The average molecular weight is 500 g/mol. The summed E-state index contributed by atoms with van der Waals surface area (Å²) < 4.78 is 10.8. The number of methoxy groups -OCH3 is 1. The number of amides is 4. The minimum Gasteiger partial charge on any atom is -0.497 e. The van der Waals surface area contributed by atoms with Crippen LogP contribution in [0.4, 0.5) is 4.79 Å². The Balaban J connectivity index is 1.37. The maximum absolute atomic E-state index is 13.1. The zero-order valence-corrected chi connectivity index (χ0v) is 20.5. The van der Waals surface area contributed by atoms with E-state index in [0.29, 0.717) is 37.6 Å². The zero-order chi connectivity index (χ0) is 24.8. The fraction of sp³-hybridized carbons (Fsp3) is 0.423. The summed E-state index contributed by atoms with van der Waals surface area (Å²) in [7, 11) is 1.61. The molecular formula is C26H30ClN3O5. The molecule has 1 unspecified atom stereocenters. The van der Waals surface area contributed by atoms with E-state index in [1.165, 1.54) is 4.90 Å². The van der Waals surface area contributed by atoms with E-state index in [1.54, 1.807) is 13.2 Å². The first-order valence-corrected chi connectivity index (χ1v) is 12.1. The summed E-state index contributed by atoms with van der Waals surface area (Å²) in [5.41, 5.74) is 1.47. The fourth-order valence-electron chi connectivity index (χ4n) is 4.67. The van der Waals surface area contributed by atoms with Gasteiger partial charge in [-0.15, -0.1) is 0 Å². The van der Waals surface area contributed by atoms with E-state index in [1.807, 2.05) is 42.5 Å². The SMILES string of the molecule is COc1ccc(C2(CN3C(=O)NC(CCC(=O)NCc4ccccc4Cl)C3=O)CCOCC2)cc1. The molecule has 2 aromatic carbocycles. The quantitative estimate of drug-likeness (QED) is 0.515. The molecule has 0 aromatic heterocycles. The van der Waals surface area contributed by atoms with Gasteiger partial charge in [0.05, 0.1) is 7.11 Å². The van der Waals surface area contributed by atoms with Gasteiger partial charge in [0.1, 0.15) is 11.8 Å². The Morgan fingerprint density at radius 1 is 1.17 bits per heavy atom. The molecule has 2 N–H and O–H groups in total. The highest BCUT2D eigenvalue weighted by molar-refractivity contribution is 6.31. The highest BCUT2D eigenvalue weighted by atomic mass is 35.5. The van der Waals surface area contributed by atoms with Gasteiger partial charge < -0.3 is 20.1 Å². The molecule has 1 atom stereocenters. The van der Waals surface area contributed by atoms with Crippen molar-refractivity contribution in [3.05, 3.63) is 64.7 Å². The van der Waals surface area contributed by atoms with Gasteiger partial charge >= 0.3 is 6.03 Å². The van der Waals surface area contributed by atoms with Crippen LogP contribution in [0.25, 0.3) is 0 Å². The van der Waals surface area contributed by atoms with Crippen molar-refractivity contribution in [2.75, 3.05) is 26.9 Å². The van der Waals surface area contributed by atoms with E-state index < -0.39 is 17.5 Å². The normalized spacial score (nSPS) is 19.4. The van der Waals surface area contributed by atoms with Crippen molar-refractivity contribution in [2.24, 2.45) is 0 Å². The van der Waals surface area contributed by atoms with E-state index in [9.17, 15) is 14.4 Å². The van der Waals surface area contributed by atoms with Crippen LogP contribution in [0.5, 0.6) is 5.75 Å². The molecular weight excluding hydrogens is 470 g/mol. The number of carbonyl (C=O) groups excluding carboxylic acids is 3. The van der Waals surface area contributed by atoms with Gasteiger partial charge in [-0.2, -0.15) is 0 Å². The minimum absolute atomic E-state index is 0.118.